The van der Waals surface area contributed by atoms with E-state index in [2.05, 4.69) is 19.9 Å². The van der Waals surface area contributed by atoms with Crippen molar-refractivity contribution in [3.8, 4) is 22.9 Å². The van der Waals surface area contributed by atoms with Crippen molar-refractivity contribution in [2.45, 2.75) is 50.4 Å². The highest BCUT2D eigenvalue weighted by molar-refractivity contribution is 6.07. The van der Waals surface area contributed by atoms with Gasteiger partial charge in [0.15, 0.2) is 11.5 Å². The lowest BCUT2D eigenvalue weighted by Gasteiger charge is -2.44. The third-order valence-corrected chi connectivity index (χ3v) is 7.09. The zero-order chi connectivity index (χ0) is 23.4. The van der Waals surface area contributed by atoms with Crippen LogP contribution in [0.5, 0.6) is 5.75 Å². The Morgan fingerprint density at radius 1 is 1.18 bits per heavy atom. The molecule has 2 aromatic rings. The summed E-state index contributed by atoms with van der Waals surface area (Å²) in [5, 5.41) is 9.29. The number of benzene rings is 2. The Bertz CT molecular complexity index is 1200. The van der Waals surface area contributed by atoms with Gasteiger partial charge in [-0.05, 0) is 62.1 Å². The fourth-order valence-electron chi connectivity index (χ4n) is 5.38. The number of fused-ring (bicyclic) bond motifs is 2. The maximum Gasteiger partial charge on any atom is 0.261 e. The zero-order valence-electron chi connectivity index (χ0n) is 19.2. The van der Waals surface area contributed by atoms with E-state index in [1.807, 2.05) is 36.4 Å². The molecule has 33 heavy (non-hydrogen) atoms. The molecule has 1 unspecified atom stereocenters. The first-order valence-electron chi connectivity index (χ1n) is 11.3. The predicted octanol–water partition coefficient (Wildman–Crippen LogP) is 3.56. The van der Waals surface area contributed by atoms with Gasteiger partial charge < -0.3 is 15.2 Å². The molecule has 170 valence electrons. The second-order valence-electron chi connectivity index (χ2n) is 9.82. The number of ether oxygens (including phenoxy) is 2. The summed E-state index contributed by atoms with van der Waals surface area (Å²) >= 11 is 0. The first kappa shape index (κ1) is 21.5. The van der Waals surface area contributed by atoms with E-state index in [4.69, 9.17) is 20.2 Å². The minimum atomic E-state index is -1.11. The van der Waals surface area contributed by atoms with Gasteiger partial charge in [-0.1, -0.05) is 18.2 Å². The molecule has 3 atom stereocenters. The van der Waals surface area contributed by atoms with Crippen LogP contribution in [0.25, 0.3) is 11.1 Å². The molecule has 1 spiro atoms. The van der Waals surface area contributed by atoms with Crippen LogP contribution >= 0.6 is 0 Å². The standard InChI is InChI=1S/C26H28N4O3/c1-25(2)13-19(9-10-32-25)22-14-26(23(31)30(3)24(28)29-26)20-12-18(7-8-21(20)33-22)17-6-4-5-16(11-17)15-27/h4-8,11-12,19,22H,9-10,13-14H2,1-3H3,(H2,28,29)/t19-,22+,26?/m0/s1. The smallest absolute Gasteiger partial charge is 0.261 e. The summed E-state index contributed by atoms with van der Waals surface area (Å²) in [4.78, 5) is 19.7. The van der Waals surface area contributed by atoms with E-state index in [-0.39, 0.29) is 29.5 Å². The molecule has 0 saturated carbocycles. The fraction of sp³-hybridized carbons (Fsp3) is 0.423. The van der Waals surface area contributed by atoms with E-state index in [9.17, 15) is 10.1 Å². The molecule has 5 rings (SSSR count). The van der Waals surface area contributed by atoms with Crippen LogP contribution in [0.15, 0.2) is 47.5 Å². The number of aliphatic imine (C=N–C) groups is 1. The van der Waals surface area contributed by atoms with Gasteiger partial charge >= 0.3 is 0 Å². The van der Waals surface area contributed by atoms with Crippen molar-refractivity contribution in [1.29, 1.82) is 5.26 Å². The number of hydrogen-bond donors (Lipinski definition) is 1. The molecular formula is C26H28N4O3. The molecule has 1 fully saturated rings. The lowest BCUT2D eigenvalue weighted by atomic mass is 9.74. The molecule has 1 saturated heterocycles. The van der Waals surface area contributed by atoms with Gasteiger partial charge in [-0.15, -0.1) is 0 Å². The lowest BCUT2D eigenvalue weighted by molar-refractivity contribution is -0.134. The van der Waals surface area contributed by atoms with E-state index < -0.39 is 5.54 Å². The van der Waals surface area contributed by atoms with Crippen molar-refractivity contribution in [2.75, 3.05) is 13.7 Å². The molecule has 3 aliphatic rings. The molecule has 7 nitrogen and oxygen atoms in total. The molecule has 0 radical (unpaired) electrons. The van der Waals surface area contributed by atoms with Crippen LogP contribution in [0, 0.1) is 17.2 Å². The van der Waals surface area contributed by atoms with Crippen molar-refractivity contribution in [2.24, 2.45) is 16.6 Å². The van der Waals surface area contributed by atoms with Gasteiger partial charge in [-0.25, -0.2) is 4.99 Å². The SMILES string of the molecule is CN1C(=O)C2(C[C@H]([C@H]3CCOC(C)(C)C3)Oc3ccc(-c4cccc(C#N)c4)cc32)N=C1N. The summed E-state index contributed by atoms with van der Waals surface area (Å²) < 4.78 is 12.4. The highest BCUT2D eigenvalue weighted by atomic mass is 16.5. The number of rotatable bonds is 2. The summed E-state index contributed by atoms with van der Waals surface area (Å²) in [6, 6.07) is 15.4. The van der Waals surface area contributed by atoms with Crippen LogP contribution in [0.3, 0.4) is 0 Å². The van der Waals surface area contributed by atoms with Crippen LogP contribution < -0.4 is 10.5 Å². The normalized spacial score (nSPS) is 28.1. The number of nitriles is 1. The molecule has 0 aromatic heterocycles. The number of carbonyl (C=O) groups is 1. The summed E-state index contributed by atoms with van der Waals surface area (Å²) in [5.41, 5.74) is 7.91. The number of guanidine groups is 1. The molecular weight excluding hydrogens is 416 g/mol. The number of likely N-dealkylation sites (N-methyl/N-ethyl adjacent to an activating group) is 1. The van der Waals surface area contributed by atoms with E-state index in [0.717, 1.165) is 29.5 Å². The topological polar surface area (TPSA) is 101 Å². The van der Waals surface area contributed by atoms with E-state index in [1.54, 1.807) is 13.1 Å². The number of nitrogens with two attached hydrogens (primary N) is 1. The third kappa shape index (κ3) is 3.55. The quantitative estimate of drug-likeness (QED) is 0.763. The van der Waals surface area contributed by atoms with Crippen LogP contribution in [-0.4, -0.2) is 42.1 Å². The van der Waals surface area contributed by atoms with Gasteiger partial charge in [-0.2, -0.15) is 5.26 Å². The second kappa shape index (κ2) is 7.60. The van der Waals surface area contributed by atoms with Crippen LogP contribution in [0.1, 0.15) is 44.2 Å². The minimum Gasteiger partial charge on any atom is -0.490 e. The Hall–Kier alpha value is -3.37. The largest absolute Gasteiger partial charge is 0.490 e. The molecule has 1 amide bonds. The summed E-state index contributed by atoms with van der Waals surface area (Å²) in [7, 11) is 1.66. The second-order valence-corrected chi connectivity index (χ2v) is 9.82. The Balaban J connectivity index is 1.60. The van der Waals surface area contributed by atoms with Gasteiger partial charge in [-0.3, -0.25) is 9.69 Å². The minimum absolute atomic E-state index is 0.135. The Morgan fingerprint density at radius 3 is 2.67 bits per heavy atom. The van der Waals surface area contributed by atoms with E-state index in [0.29, 0.717) is 24.3 Å². The average molecular weight is 445 g/mol. The maximum absolute atomic E-state index is 13.6. The summed E-state index contributed by atoms with van der Waals surface area (Å²) in [6.45, 7) is 4.86. The van der Waals surface area contributed by atoms with Crippen LogP contribution in [0.2, 0.25) is 0 Å². The van der Waals surface area contributed by atoms with Gasteiger partial charge in [0, 0.05) is 31.6 Å². The van der Waals surface area contributed by atoms with E-state index >= 15 is 0 Å². The molecule has 0 aliphatic carbocycles. The fourth-order valence-corrected chi connectivity index (χ4v) is 5.38. The highest BCUT2D eigenvalue weighted by Crippen LogP contribution is 2.49. The van der Waals surface area contributed by atoms with Crippen molar-refractivity contribution in [1.82, 2.24) is 4.90 Å². The first-order chi connectivity index (χ1) is 15.7. The van der Waals surface area contributed by atoms with Gasteiger partial charge in [0.1, 0.15) is 11.9 Å². The Labute approximate surface area is 193 Å². The van der Waals surface area contributed by atoms with Gasteiger partial charge in [0.25, 0.3) is 5.91 Å². The lowest BCUT2D eigenvalue weighted by Crippen LogP contribution is -2.49. The number of nitrogens with zero attached hydrogens (tertiary/aromatic N) is 3. The number of hydrogen-bond acceptors (Lipinski definition) is 6. The Kier molecular flexibility index (Phi) is 4.95. The third-order valence-electron chi connectivity index (χ3n) is 7.09. The van der Waals surface area contributed by atoms with Crippen LogP contribution in [0.4, 0.5) is 0 Å². The molecule has 3 aliphatic heterocycles. The molecule has 3 heterocycles. The average Bonchev–Trinajstić information content (AvgIpc) is 3.02. The zero-order valence-corrected chi connectivity index (χ0v) is 19.2. The van der Waals surface area contributed by atoms with Crippen LogP contribution in [-0.2, 0) is 15.1 Å². The molecule has 7 heteroatoms. The van der Waals surface area contributed by atoms with Crippen molar-refractivity contribution >= 4 is 11.9 Å². The van der Waals surface area contributed by atoms with Gasteiger partial charge in [0.05, 0.1) is 17.2 Å². The monoisotopic (exact) mass is 444 g/mol. The predicted molar refractivity (Wildman–Crippen MR) is 124 cm³/mol. The summed E-state index contributed by atoms with van der Waals surface area (Å²) in [6.07, 6.45) is 2.00. The van der Waals surface area contributed by atoms with Crippen molar-refractivity contribution < 1.29 is 14.3 Å². The van der Waals surface area contributed by atoms with Gasteiger partial charge in [0.2, 0.25) is 0 Å². The van der Waals surface area contributed by atoms with Crippen molar-refractivity contribution in [3.05, 3.63) is 53.6 Å². The number of carbonyl (C=O) groups excluding carboxylic acids is 1. The number of amides is 1. The summed E-state index contributed by atoms with van der Waals surface area (Å²) in [5.74, 6) is 0.997. The Morgan fingerprint density at radius 2 is 1.97 bits per heavy atom. The molecule has 0 bridgehead atoms. The molecule has 2 N–H and O–H groups in total. The molecule has 2 aromatic carbocycles. The first-order valence-corrected chi connectivity index (χ1v) is 11.3. The maximum atomic E-state index is 13.6. The highest BCUT2D eigenvalue weighted by Gasteiger charge is 2.55. The van der Waals surface area contributed by atoms with E-state index in [1.165, 1.54) is 4.90 Å². The van der Waals surface area contributed by atoms with Crippen molar-refractivity contribution in [3.63, 3.8) is 0 Å².